The molecule has 5 nitrogen and oxygen atoms in total. The lowest BCUT2D eigenvalue weighted by atomic mass is 10.2. The topological polar surface area (TPSA) is 75.1 Å². The number of anilines is 1. The summed E-state index contributed by atoms with van der Waals surface area (Å²) in [5.74, 6) is 0.112. The lowest BCUT2D eigenvalue weighted by Gasteiger charge is -2.16. The predicted molar refractivity (Wildman–Crippen MR) is 64.3 cm³/mol. The normalized spacial score (nSPS) is 16.6. The molecule has 17 heavy (non-hydrogen) atoms. The molecule has 1 aromatic heterocycles. The summed E-state index contributed by atoms with van der Waals surface area (Å²) in [7, 11) is 0. The first-order chi connectivity index (χ1) is 7.99. The number of carbonyl (C=O) groups is 1. The van der Waals surface area contributed by atoms with Crippen LogP contribution in [-0.4, -0.2) is 27.1 Å². The van der Waals surface area contributed by atoms with Gasteiger partial charge in [-0.25, -0.2) is 14.8 Å². The molecule has 92 valence electrons. The van der Waals surface area contributed by atoms with E-state index in [1.807, 2.05) is 6.92 Å². The van der Waals surface area contributed by atoms with Crippen molar-refractivity contribution in [1.29, 1.82) is 0 Å². The second kappa shape index (κ2) is 4.31. The Morgan fingerprint density at radius 2 is 2.06 bits per heavy atom. The molecule has 5 heteroatoms. The zero-order valence-electron chi connectivity index (χ0n) is 10.3. The van der Waals surface area contributed by atoms with Gasteiger partial charge in [-0.3, -0.25) is 0 Å². The minimum Gasteiger partial charge on any atom is -0.475 e. The summed E-state index contributed by atoms with van der Waals surface area (Å²) in [6.45, 7) is 5.81. The second-order valence-corrected chi connectivity index (χ2v) is 4.68. The number of nitrogens with one attached hydrogen (secondary N) is 1. The van der Waals surface area contributed by atoms with E-state index in [0.717, 1.165) is 5.56 Å². The van der Waals surface area contributed by atoms with E-state index in [9.17, 15) is 4.79 Å². The number of rotatable bonds is 4. The molecule has 2 rings (SSSR count). The second-order valence-electron chi connectivity index (χ2n) is 4.68. The highest BCUT2D eigenvalue weighted by Crippen LogP contribution is 2.34. The van der Waals surface area contributed by atoms with Crippen LogP contribution in [0.2, 0.25) is 0 Å². The molecule has 1 fully saturated rings. The van der Waals surface area contributed by atoms with Crippen LogP contribution in [0.25, 0.3) is 0 Å². The molecule has 0 amide bonds. The Labute approximate surface area is 100 Å². The van der Waals surface area contributed by atoms with Crippen LogP contribution in [0.15, 0.2) is 0 Å². The van der Waals surface area contributed by atoms with Gasteiger partial charge in [-0.15, -0.1) is 0 Å². The highest BCUT2D eigenvalue weighted by Gasteiger charge is 2.28. The first kappa shape index (κ1) is 11.8. The van der Waals surface area contributed by atoms with Crippen LogP contribution in [0, 0.1) is 19.8 Å². The van der Waals surface area contributed by atoms with Gasteiger partial charge in [-0.1, -0.05) is 0 Å². The van der Waals surface area contributed by atoms with E-state index < -0.39 is 5.97 Å². The van der Waals surface area contributed by atoms with Crippen LogP contribution in [-0.2, 0) is 0 Å². The molecule has 0 saturated heterocycles. The molecule has 0 aromatic carbocycles. The molecule has 1 aliphatic carbocycles. The zero-order chi connectivity index (χ0) is 12.6. The summed E-state index contributed by atoms with van der Waals surface area (Å²) in [6.07, 6.45) is 2.48. The maximum absolute atomic E-state index is 10.9. The van der Waals surface area contributed by atoms with Crippen LogP contribution in [0.3, 0.4) is 0 Å². The van der Waals surface area contributed by atoms with Gasteiger partial charge in [0.2, 0.25) is 5.82 Å². The van der Waals surface area contributed by atoms with Gasteiger partial charge in [0.25, 0.3) is 0 Å². The van der Waals surface area contributed by atoms with Crippen molar-refractivity contribution >= 4 is 11.8 Å². The first-order valence-electron chi connectivity index (χ1n) is 5.84. The molecule has 2 N–H and O–H groups in total. The van der Waals surface area contributed by atoms with Crippen molar-refractivity contribution in [1.82, 2.24) is 9.97 Å². The standard InChI is InChI=1S/C12H17N3O2/c1-6-7(2)13-11(12(16)17)15-10(6)14-8(3)9-4-5-9/h8-9H,4-5H2,1-3H3,(H,16,17)(H,13,14,15). The Bertz CT molecular complexity index is 455. The highest BCUT2D eigenvalue weighted by atomic mass is 16.4. The summed E-state index contributed by atoms with van der Waals surface area (Å²) >= 11 is 0. The molecule has 0 radical (unpaired) electrons. The number of hydrogen-bond acceptors (Lipinski definition) is 4. The van der Waals surface area contributed by atoms with Crippen molar-refractivity contribution in [3.63, 3.8) is 0 Å². The quantitative estimate of drug-likeness (QED) is 0.834. The summed E-state index contributed by atoms with van der Waals surface area (Å²) in [5, 5.41) is 12.2. The fourth-order valence-corrected chi connectivity index (χ4v) is 1.79. The van der Waals surface area contributed by atoms with Gasteiger partial charge in [-0.2, -0.15) is 0 Å². The van der Waals surface area contributed by atoms with Crippen molar-refractivity contribution in [2.24, 2.45) is 5.92 Å². The van der Waals surface area contributed by atoms with Gasteiger partial charge in [0, 0.05) is 17.3 Å². The Hall–Kier alpha value is -1.65. The van der Waals surface area contributed by atoms with E-state index in [1.54, 1.807) is 6.92 Å². The Morgan fingerprint density at radius 1 is 1.41 bits per heavy atom. The third kappa shape index (κ3) is 2.54. The Morgan fingerprint density at radius 3 is 2.59 bits per heavy atom. The number of carboxylic acid groups (broad SMARTS) is 1. The smallest absolute Gasteiger partial charge is 0.374 e. The number of aromatic carboxylic acids is 1. The molecule has 1 unspecified atom stereocenters. The highest BCUT2D eigenvalue weighted by molar-refractivity contribution is 5.83. The van der Waals surface area contributed by atoms with Gasteiger partial charge in [-0.05, 0) is 39.5 Å². The molecular weight excluding hydrogens is 218 g/mol. The molecule has 1 saturated carbocycles. The third-order valence-electron chi connectivity index (χ3n) is 3.27. The van der Waals surface area contributed by atoms with Crippen LogP contribution in [0.5, 0.6) is 0 Å². The van der Waals surface area contributed by atoms with E-state index in [-0.39, 0.29) is 5.82 Å². The Kier molecular flexibility index (Phi) is 3.00. The molecular formula is C12H17N3O2. The molecule has 0 aliphatic heterocycles. The van der Waals surface area contributed by atoms with E-state index in [2.05, 4.69) is 22.2 Å². The largest absolute Gasteiger partial charge is 0.475 e. The van der Waals surface area contributed by atoms with Gasteiger partial charge >= 0.3 is 5.97 Å². The predicted octanol–water partition coefficient (Wildman–Crippen LogP) is 2.00. The SMILES string of the molecule is Cc1nc(C(=O)O)nc(NC(C)C2CC2)c1C. The molecule has 1 aromatic rings. The first-order valence-corrected chi connectivity index (χ1v) is 5.84. The van der Waals surface area contributed by atoms with Gasteiger partial charge in [0.1, 0.15) is 5.82 Å². The van der Waals surface area contributed by atoms with Crippen molar-refractivity contribution in [2.45, 2.75) is 39.7 Å². The average Bonchev–Trinajstić information content (AvgIpc) is 3.07. The number of nitrogens with zero attached hydrogens (tertiary/aromatic N) is 2. The number of aromatic nitrogens is 2. The van der Waals surface area contributed by atoms with Crippen molar-refractivity contribution in [2.75, 3.05) is 5.32 Å². The summed E-state index contributed by atoms with van der Waals surface area (Å²) in [6, 6.07) is 0.338. The van der Waals surface area contributed by atoms with Crippen LogP contribution < -0.4 is 5.32 Å². The lowest BCUT2D eigenvalue weighted by Crippen LogP contribution is -2.21. The van der Waals surface area contributed by atoms with E-state index in [4.69, 9.17) is 5.11 Å². The number of aryl methyl sites for hydroxylation is 1. The minimum absolute atomic E-state index is 0.140. The fraction of sp³-hybridized carbons (Fsp3) is 0.583. The summed E-state index contributed by atoms with van der Waals surface area (Å²) in [5.41, 5.74) is 1.63. The van der Waals surface area contributed by atoms with Crippen LogP contribution in [0.1, 0.15) is 41.6 Å². The maximum Gasteiger partial charge on any atom is 0.374 e. The number of hydrogen-bond donors (Lipinski definition) is 2. The lowest BCUT2D eigenvalue weighted by molar-refractivity contribution is 0.0683. The van der Waals surface area contributed by atoms with Gasteiger partial charge in [0.05, 0.1) is 0 Å². The van der Waals surface area contributed by atoms with Crippen LogP contribution in [0.4, 0.5) is 5.82 Å². The van der Waals surface area contributed by atoms with Crippen molar-refractivity contribution in [3.05, 3.63) is 17.1 Å². The summed E-state index contributed by atoms with van der Waals surface area (Å²) < 4.78 is 0. The molecule has 1 aliphatic rings. The summed E-state index contributed by atoms with van der Waals surface area (Å²) in [4.78, 5) is 18.9. The molecule has 0 spiro atoms. The monoisotopic (exact) mass is 235 g/mol. The molecule has 1 heterocycles. The average molecular weight is 235 g/mol. The van der Waals surface area contributed by atoms with Crippen molar-refractivity contribution < 1.29 is 9.90 Å². The Balaban J connectivity index is 2.27. The number of carboxylic acids is 1. The van der Waals surface area contributed by atoms with E-state index in [0.29, 0.717) is 23.5 Å². The third-order valence-corrected chi connectivity index (χ3v) is 3.27. The van der Waals surface area contributed by atoms with E-state index in [1.165, 1.54) is 12.8 Å². The van der Waals surface area contributed by atoms with E-state index >= 15 is 0 Å². The minimum atomic E-state index is -1.09. The van der Waals surface area contributed by atoms with Gasteiger partial charge < -0.3 is 10.4 Å². The zero-order valence-corrected chi connectivity index (χ0v) is 10.3. The molecule has 1 atom stereocenters. The van der Waals surface area contributed by atoms with Crippen LogP contribution >= 0.6 is 0 Å². The fourth-order valence-electron chi connectivity index (χ4n) is 1.79. The van der Waals surface area contributed by atoms with Crippen molar-refractivity contribution in [3.8, 4) is 0 Å². The maximum atomic E-state index is 10.9. The molecule has 0 bridgehead atoms. The van der Waals surface area contributed by atoms with Gasteiger partial charge in [0.15, 0.2) is 0 Å².